The van der Waals surface area contributed by atoms with Crippen LogP contribution >= 0.6 is 11.8 Å². The van der Waals surface area contributed by atoms with Crippen molar-refractivity contribution < 1.29 is 19.5 Å². The number of carbonyl (C=O) groups is 3. The summed E-state index contributed by atoms with van der Waals surface area (Å²) >= 11 is 1.70. The molecule has 5 rings (SSSR count). The largest absolute Gasteiger partial charge is 0.396 e. The number of nitrogens with zero attached hydrogens (tertiary/aromatic N) is 3. The number of thioether (sulfide) groups is 1. The van der Waals surface area contributed by atoms with Crippen LogP contribution in [0, 0.1) is 31.6 Å². The van der Waals surface area contributed by atoms with E-state index in [4.69, 9.17) is 0 Å². The fourth-order valence-corrected chi connectivity index (χ4v) is 10.1. The molecule has 7 nitrogen and oxygen atoms in total. The highest BCUT2D eigenvalue weighted by Crippen LogP contribution is 2.69. The second-order valence-electron chi connectivity index (χ2n) is 12.5. The van der Waals surface area contributed by atoms with E-state index in [2.05, 4.69) is 20.1 Å². The number of anilines is 1. The molecule has 3 fully saturated rings. The normalized spacial score (nSPS) is 26.9. The van der Waals surface area contributed by atoms with Gasteiger partial charge in [0.1, 0.15) is 6.04 Å². The number of aliphatic hydroxyl groups excluding tert-OH is 1. The van der Waals surface area contributed by atoms with Gasteiger partial charge in [0.25, 0.3) is 5.91 Å². The summed E-state index contributed by atoms with van der Waals surface area (Å²) in [6.45, 7) is 15.5. The first-order chi connectivity index (χ1) is 21.2. The van der Waals surface area contributed by atoms with Crippen LogP contribution in [-0.4, -0.2) is 74.9 Å². The monoisotopic (exact) mass is 615 g/mol. The Kier molecular flexibility index (Phi) is 9.71. The molecule has 3 heterocycles. The Morgan fingerprint density at radius 1 is 1.07 bits per heavy atom. The van der Waals surface area contributed by atoms with Crippen LogP contribution in [-0.2, 0) is 20.9 Å². The van der Waals surface area contributed by atoms with Crippen molar-refractivity contribution in [3.05, 3.63) is 90.5 Å². The number of fused-ring (bicyclic) bond motifs is 1. The molecule has 8 heteroatoms. The maximum absolute atomic E-state index is 14.9. The molecule has 2 aromatic rings. The zero-order valence-electron chi connectivity index (χ0n) is 26.2. The molecule has 3 saturated heterocycles. The summed E-state index contributed by atoms with van der Waals surface area (Å²) in [6.07, 6.45) is 5.36. The molecular weight excluding hydrogens is 570 g/mol. The predicted molar refractivity (Wildman–Crippen MR) is 177 cm³/mol. The van der Waals surface area contributed by atoms with Crippen molar-refractivity contribution in [3.8, 4) is 0 Å². The van der Waals surface area contributed by atoms with E-state index in [-0.39, 0.29) is 35.5 Å². The third-order valence-electron chi connectivity index (χ3n) is 9.68. The summed E-state index contributed by atoms with van der Waals surface area (Å²) in [5.74, 6) is -1.32. The van der Waals surface area contributed by atoms with Gasteiger partial charge in [-0.25, -0.2) is 0 Å². The second kappa shape index (κ2) is 13.3. The fraction of sp³-hybridized carbons (Fsp3) is 0.472. The number of likely N-dealkylation sites (tertiary alicyclic amines) is 1. The third kappa shape index (κ3) is 5.51. The molecule has 1 N–H and O–H groups in total. The van der Waals surface area contributed by atoms with E-state index < -0.39 is 22.6 Å². The van der Waals surface area contributed by atoms with E-state index >= 15 is 0 Å². The van der Waals surface area contributed by atoms with Gasteiger partial charge in [0.2, 0.25) is 11.8 Å². The van der Waals surface area contributed by atoms with Gasteiger partial charge in [-0.1, -0.05) is 61.5 Å². The van der Waals surface area contributed by atoms with E-state index in [0.717, 1.165) is 28.8 Å². The standard InChI is InChI=1S/C36H45N3O4S/c1-6-17-37(23-27-13-9-8-10-14-27)33(41)30-29-22-26(5)36(44-29)31(30)34(42)39(19-11-12-20-40)32(36)35(43)38(18-7-2)28-21-24(3)15-16-25(28)4/h6-10,13-16,21,26,29-32,40H,1-2,11-12,17-20,22-23H2,3-5H3/t26?,29-,30+,31-,32?,36?/m0/s1. The van der Waals surface area contributed by atoms with Crippen LogP contribution in [0.15, 0.2) is 73.8 Å². The number of amides is 3. The number of carbonyl (C=O) groups excluding carboxylic acids is 3. The zero-order chi connectivity index (χ0) is 31.6. The van der Waals surface area contributed by atoms with Crippen molar-refractivity contribution in [1.82, 2.24) is 9.80 Å². The van der Waals surface area contributed by atoms with E-state index in [0.29, 0.717) is 39.0 Å². The molecule has 0 aliphatic carbocycles. The van der Waals surface area contributed by atoms with Gasteiger partial charge in [-0.05, 0) is 61.8 Å². The summed E-state index contributed by atoms with van der Waals surface area (Å²) < 4.78 is -0.720. The van der Waals surface area contributed by atoms with Gasteiger partial charge in [-0.2, -0.15) is 0 Å². The predicted octanol–water partition coefficient (Wildman–Crippen LogP) is 5.15. The minimum atomic E-state index is -0.720. The molecule has 234 valence electrons. The maximum atomic E-state index is 14.9. The van der Waals surface area contributed by atoms with Crippen LogP contribution in [0.4, 0.5) is 5.69 Å². The molecular formula is C36H45N3O4S. The highest BCUT2D eigenvalue weighted by molar-refractivity contribution is 8.02. The first-order valence-electron chi connectivity index (χ1n) is 15.7. The van der Waals surface area contributed by atoms with Crippen LogP contribution in [0.5, 0.6) is 0 Å². The Morgan fingerprint density at radius 2 is 1.80 bits per heavy atom. The van der Waals surface area contributed by atoms with Crippen molar-refractivity contribution in [2.45, 2.75) is 62.6 Å². The number of aryl methyl sites for hydroxylation is 2. The lowest BCUT2D eigenvalue weighted by molar-refractivity contribution is -0.144. The maximum Gasteiger partial charge on any atom is 0.251 e. The van der Waals surface area contributed by atoms with Crippen molar-refractivity contribution in [2.24, 2.45) is 17.8 Å². The first-order valence-corrected chi connectivity index (χ1v) is 16.6. The number of rotatable bonds is 13. The Bertz CT molecular complexity index is 1410. The average molecular weight is 616 g/mol. The van der Waals surface area contributed by atoms with Gasteiger partial charge in [0.05, 0.1) is 16.6 Å². The minimum absolute atomic E-state index is 0.0185. The van der Waals surface area contributed by atoms with E-state index in [1.54, 1.807) is 33.7 Å². The quantitative estimate of drug-likeness (QED) is 0.249. The Balaban J connectivity index is 1.56. The molecule has 3 aliphatic heterocycles. The van der Waals surface area contributed by atoms with E-state index in [1.807, 2.05) is 67.3 Å². The Morgan fingerprint density at radius 3 is 2.48 bits per heavy atom. The molecule has 0 saturated carbocycles. The van der Waals surface area contributed by atoms with E-state index in [9.17, 15) is 19.5 Å². The molecule has 0 radical (unpaired) electrons. The SMILES string of the molecule is C=CCN(Cc1ccccc1)C(=O)[C@@H]1[C@@H]2CC(C)C3(S2)C(C(=O)N(CC=C)c2cc(C)ccc2C)N(CCCCO)C(=O)[C@H]13. The van der Waals surface area contributed by atoms with Gasteiger partial charge in [0, 0.05) is 43.7 Å². The van der Waals surface area contributed by atoms with Crippen molar-refractivity contribution in [1.29, 1.82) is 0 Å². The second-order valence-corrected chi connectivity index (χ2v) is 14.1. The first kappa shape index (κ1) is 32.0. The lowest BCUT2D eigenvalue weighted by atomic mass is 9.65. The van der Waals surface area contributed by atoms with Gasteiger partial charge in [0.15, 0.2) is 0 Å². The molecule has 3 unspecified atom stereocenters. The molecule has 2 aromatic carbocycles. The number of benzene rings is 2. The number of hydrogen-bond acceptors (Lipinski definition) is 5. The molecule has 0 aromatic heterocycles. The van der Waals surface area contributed by atoms with Crippen LogP contribution in [0.1, 0.15) is 42.9 Å². The average Bonchev–Trinajstić information content (AvgIpc) is 3.60. The molecule has 6 atom stereocenters. The van der Waals surface area contributed by atoms with Crippen molar-refractivity contribution in [2.75, 3.05) is 31.1 Å². The van der Waals surface area contributed by atoms with Crippen LogP contribution in [0.3, 0.4) is 0 Å². The van der Waals surface area contributed by atoms with Crippen molar-refractivity contribution >= 4 is 35.2 Å². The summed E-state index contributed by atoms with van der Waals surface area (Å²) in [5.41, 5.74) is 3.85. The minimum Gasteiger partial charge on any atom is -0.396 e. The summed E-state index contributed by atoms with van der Waals surface area (Å²) in [6, 6.07) is 15.2. The van der Waals surface area contributed by atoms with Gasteiger partial charge >= 0.3 is 0 Å². The van der Waals surface area contributed by atoms with Crippen LogP contribution in [0.2, 0.25) is 0 Å². The fourth-order valence-electron chi connectivity index (χ4n) is 7.71. The lowest BCUT2D eigenvalue weighted by Crippen LogP contribution is -2.57. The number of unbranched alkanes of at least 4 members (excludes halogenated alkanes) is 1. The molecule has 44 heavy (non-hydrogen) atoms. The number of aliphatic hydroxyl groups is 1. The van der Waals surface area contributed by atoms with Gasteiger partial charge in [-0.3, -0.25) is 14.4 Å². The highest BCUT2D eigenvalue weighted by Gasteiger charge is 2.76. The lowest BCUT2D eigenvalue weighted by Gasteiger charge is -2.41. The van der Waals surface area contributed by atoms with Gasteiger partial charge in [-0.15, -0.1) is 24.9 Å². The Labute approximate surface area is 266 Å². The van der Waals surface area contributed by atoms with Crippen molar-refractivity contribution in [3.63, 3.8) is 0 Å². The van der Waals surface area contributed by atoms with E-state index in [1.165, 1.54) is 0 Å². The molecule has 3 aliphatic rings. The molecule has 3 amide bonds. The Hall–Kier alpha value is -3.36. The zero-order valence-corrected chi connectivity index (χ0v) is 27.0. The number of hydrogen-bond donors (Lipinski definition) is 1. The molecule has 1 spiro atoms. The summed E-state index contributed by atoms with van der Waals surface area (Å²) in [4.78, 5) is 49.3. The third-order valence-corrected chi connectivity index (χ3v) is 11.8. The smallest absolute Gasteiger partial charge is 0.251 e. The topological polar surface area (TPSA) is 81.2 Å². The summed E-state index contributed by atoms with van der Waals surface area (Å²) in [5, 5.41) is 9.50. The summed E-state index contributed by atoms with van der Waals surface area (Å²) in [7, 11) is 0. The van der Waals surface area contributed by atoms with Crippen LogP contribution in [0.25, 0.3) is 0 Å². The molecule has 2 bridgehead atoms. The van der Waals surface area contributed by atoms with Crippen LogP contribution < -0.4 is 4.90 Å². The highest BCUT2D eigenvalue weighted by atomic mass is 32.2. The van der Waals surface area contributed by atoms with Gasteiger partial charge < -0.3 is 19.8 Å².